The van der Waals surface area contributed by atoms with Crippen LogP contribution in [0.1, 0.15) is 36.5 Å². The summed E-state index contributed by atoms with van der Waals surface area (Å²) in [6, 6.07) is 23.7. The monoisotopic (exact) mass is 412 g/mol. The normalized spacial score (nSPS) is 14.2. The van der Waals surface area contributed by atoms with Gasteiger partial charge in [0.2, 0.25) is 0 Å². The number of nitrogens with two attached hydrogens (primary N) is 1. The summed E-state index contributed by atoms with van der Waals surface area (Å²) < 4.78 is 0. The van der Waals surface area contributed by atoms with E-state index in [9.17, 15) is 4.79 Å². The van der Waals surface area contributed by atoms with Gasteiger partial charge < -0.3 is 21.7 Å². The van der Waals surface area contributed by atoms with E-state index in [1.807, 2.05) is 54.6 Å². The van der Waals surface area contributed by atoms with Gasteiger partial charge in [-0.2, -0.15) is 0 Å². The predicted molar refractivity (Wildman–Crippen MR) is 129 cm³/mol. The quantitative estimate of drug-likeness (QED) is 0.236. The van der Waals surface area contributed by atoms with Gasteiger partial charge in [-0.05, 0) is 54.4 Å². The summed E-state index contributed by atoms with van der Waals surface area (Å²) in [5.74, 6) is -0.135. The van der Waals surface area contributed by atoms with Crippen LogP contribution in [-0.2, 0) is 11.3 Å². The Balaban J connectivity index is 1.66. The summed E-state index contributed by atoms with van der Waals surface area (Å²) in [6.07, 6.45) is 2.37. The molecule has 0 bridgehead atoms. The Morgan fingerprint density at radius 3 is 2.52 bits per heavy atom. The fourth-order valence-corrected chi connectivity index (χ4v) is 3.70. The lowest BCUT2D eigenvalue weighted by molar-refractivity contribution is -0.110. The molecule has 0 atom stereocenters. The number of fused-ring (bicyclic) bond motifs is 1. The molecule has 0 aromatic heterocycles. The number of carbonyl (C=O) groups is 1. The van der Waals surface area contributed by atoms with E-state index < -0.39 is 0 Å². The van der Waals surface area contributed by atoms with Gasteiger partial charge in [0.1, 0.15) is 0 Å². The van der Waals surface area contributed by atoms with E-state index in [0.717, 1.165) is 41.3 Å². The van der Waals surface area contributed by atoms with Crippen molar-refractivity contribution < 1.29 is 4.79 Å². The minimum atomic E-state index is -0.135. The van der Waals surface area contributed by atoms with Crippen molar-refractivity contribution in [1.29, 1.82) is 0 Å². The molecule has 5 nitrogen and oxygen atoms in total. The van der Waals surface area contributed by atoms with Crippen LogP contribution in [0.2, 0.25) is 0 Å². The first-order valence-corrected chi connectivity index (χ1v) is 10.7. The molecule has 31 heavy (non-hydrogen) atoms. The molecular formula is C26H28N4O. The molecule has 1 amide bonds. The Hall–Kier alpha value is -3.57. The van der Waals surface area contributed by atoms with E-state index in [-0.39, 0.29) is 5.91 Å². The van der Waals surface area contributed by atoms with Crippen LogP contribution < -0.4 is 21.7 Å². The first kappa shape index (κ1) is 20.7. The molecule has 0 unspecified atom stereocenters. The summed E-state index contributed by atoms with van der Waals surface area (Å²) in [5.41, 5.74) is 12.7. The maximum atomic E-state index is 12.9. The molecule has 0 saturated carbocycles. The van der Waals surface area contributed by atoms with Crippen molar-refractivity contribution in [2.75, 3.05) is 22.9 Å². The number of anilines is 3. The molecule has 1 aliphatic heterocycles. The average Bonchev–Trinajstić information content (AvgIpc) is 3.11. The van der Waals surface area contributed by atoms with Crippen molar-refractivity contribution in [3.63, 3.8) is 0 Å². The van der Waals surface area contributed by atoms with Crippen molar-refractivity contribution >= 4 is 34.2 Å². The van der Waals surface area contributed by atoms with Crippen molar-refractivity contribution in [2.24, 2.45) is 0 Å². The van der Waals surface area contributed by atoms with Crippen LogP contribution in [0.25, 0.3) is 11.3 Å². The molecule has 0 aliphatic carbocycles. The van der Waals surface area contributed by atoms with Crippen molar-refractivity contribution in [2.45, 2.75) is 26.3 Å². The van der Waals surface area contributed by atoms with E-state index in [1.165, 1.54) is 18.4 Å². The zero-order chi connectivity index (χ0) is 21.6. The zero-order valence-corrected chi connectivity index (χ0v) is 17.7. The molecule has 0 spiro atoms. The van der Waals surface area contributed by atoms with Crippen LogP contribution in [0.3, 0.4) is 0 Å². The number of unbranched alkanes of at least 4 members (excludes halogenated alkanes) is 1. The Kier molecular flexibility index (Phi) is 6.34. The SMILES string of the molecule is CCCCNCc1ccc(NC(=C2C(=O)Nc3ccc(N)cc32)c2ccccc2)cc1. The van der Waals surface area contributed by atoms with Gasteiger partial charge in [0.15, 0.2) is 0 Å². The van der Waals surface area contributed by atoms with Gasteiger partial charge in [-0.1, -0.05) is 55.8 Å². The minimum absolute atomic E-state index is 0.135. The van der Waals surface area contributed by atoms with Gasteiger partial charge in [-0.15, -0.1) is 0 Å². The van der Waals surface area contributed by atoms with E-state index in [4.69, 9.17) is 5.73 Å². The highest BCUT2D eigenvalue weighted by atomic mass is 16.2. The first-order valence-electron chi connectivity index (χ1n) is 10.7. The third-order valence-corrected chi connectivity index (χ3v) is 5.36. The number of nitrogen functional groups attached to an aromatic ring is 1. The number of carbonyl (C=O) groups excluding carboxylic acids is 1. The summed E-state index contributed by atoms with van der Waals surface area (Å²) >= 11 is 0. The molecule has 5 heteroatoms. The number of nitrogens with one attached hydrogen (secondary N) is 3. The van der Waals surface area contributed by atoms with Crippen LogP contribution in [0, 0.1) is 0 Å². The zero-order valence-electron chi connectivity index (χ0n) is 17.7. The molecule has 3 aromatic rings. The summed E-state index contributed by atoms with van der Waals surface area (Å²) in [7, 11) is 0. The number of hydrogen-bond donors (Lipinski definition) is 4. The smallest absolute Gasteiger partial charge is 0.258 e. The third kappa shape index (κ3) is 4.78. The molecule has 0 radical (unpaired) electrons. The average molecular weight is 413 g/mol. The highest BCUT2D eigenvalue weighted by Gasteiger charge is 2.28. The Labute approximate surface area is 183 Å². The van der Waals surface area contributed by atoms with Crippen LogP contribution in [0.15, 0.2) is 72.8 Å². The maximum Gasteiger partial charge on any atom is 0.258 e. The third-order valence-electron chi connectivity index (χ3n) is 5.36. The summed E-state index contributed by atoms with van der Waals surface area (Å²) in [6.45, 7) is 4.07. The largest absolute Gasteiger partial charge is 0.399 e. The van der Waals surface area contributed by atoms with Crippen molar-refractivity contribution in [3.05, 3.63) is 89.5 Å². The Bertz CT molecular complexity index is 1090. The molecule has 3 aromatic carbocycles. The molecule has 1 aliphatic rings. The standard InChI is InChI=1S/C26H28N4O/c1-2-3-15-28-17-18-9-12-21(13-10-18)29-25(19-7-5-4-6-8-19)24-22-16-20(27)11-14-23(22)30-26(24)31/h4-14,16,28-29H,2-3,15,17,27H2,1H3,(H,30,31). The number of hydrogen-bond acceptors (Lipinski definition) is 4. The second-order valence-electron chi connectivity index (χ2n) is 7.73. The van der Waals surface area contributed by atoms with Crippen molar-refractivity contribution in [1.82, 2.24) is 5.32 Å². The minimum Gasteiger partial charge on any atom is -0.399 e. The Morgan fingerprint density at radius 2 is 1.77 bits per heavy atom. The van der Waals surface area contributed by atoms with Gasteiger partial charge in [0.05, 0.1) is 11.3 Å². The summed E-state index contributed by atoms with van der Waals surface area (Å²) in [5, 5.41) is 9.90. The fraction of sp³-hybridized carbons (Fsp3) is 0.192. The summed E-state index contributed by atoms with van der Waals surface area (Å²) in [4.78, 5) is 12.9. The lowest BCUT2D eigenvalue weighted by atomic mass is 9.99. The van der Waals surface area contributed by atoms with Gasteiger partial charge in [-0.3, -0.25) is 4.79 Å². The molecule has 5 N–H and O–H groups in total. The van der Waals surface area contributed by atoms with E-state index in [1.54, 1.807) is 6.07 Å². The van der Waals surface area contributed by atoms with Crippen LogP contribution in [0.4, 0.5) is 17.1 Å². The van der Waals surface area contributed by atoms with Crippen LogP contribution >= 0.6 is 0 Å². The molecule has 0 saturated heterocycles. The van der Waals surface area contributed by atoms with Gasteiger partial charge in [0.25, 0.3) is 5.91 Å². The van der Waals surface area contributed by atoms with Gasteiger partial charge in [-0.25, -0.2) is 0 Å². The second-order valence-corrected chi connectivity index (χ2v) is 7.73. The number of amides is 1. The number of rotatable bonds is 8. The Morgan fingerprint density at radius 1 is 1.00 bits per heavy atom. The van der Waals surface area contributed by atoms with Crippen LogP contribution in [-0.4, -0.2) is 12.5 Å². The molecular weight excluding hydrogens is 384 g/mol. The van der Waals surface area contributed by atoms with Gasteiger partial charge >= 0.3 is 0 Å². The predicted octanol–water partition coefficient (Wildman–Crippen LogP) is 5.09. The topological polar surface area (TPSA) is 79.2 Å². The van der Waals surface area contributed by atoms with Crippen LogP contribution in [0.5, 0.6) is 0 Å². The van der Waals surface area contributed by atoms with E-state index in [2.05, 4.69) is 35.0 Å². The molecule has 158 valence electrons. The number of benzene rings is 3. The highest BCUT2D eigenvalue weighted by molar-refractivity contribution is 6.37. The first-order chi connectivity index (χ1) is 15.2. The van der Waals surface area contributed by atoms with Gasteiger partial charge in [0, 0.05) is 29.2 Å². The molecule has 0 fully saturated rings. The fourth-order valence-electron chi connectivity index (χ4n) is 3.70. The molecule has 1 heterocycles. The van der Waals surface area contributed by atoms with Crippen molar-refractivity contribution in [3.8, 4) is 0 Å². The highest BCUT2D eigenvalue weighted by Crippen LogP contribution is 2.38. The second kappa shape index (κ2) is 9.49. The maximum absolute atomic E-state index is 12.9. The van der Waals surface area contributed by atoms with E-state index >= 15 is 0 Å². The lowest BCUT2D eigenvalue weighted by Gasteiger charge is -2.15. The van der Waals surface area contributed by atoms with E-state index in [0.29, 0.717) is 11.3 Å². The lowest BCUT2D eigenvalue weighted by Crippen LogP contribution is -2.14. The molecule has 4 rings (SSSR count).